The van der Waals surface area contributed by atoms with E-state index in [0.29, 0.717) is 6.42 Å². The number of carboxylic acid groups (broad SMARTS) is 1. The van der Waals surface area contributed by atoms with Crippen LogP contribution in [-0.4, -0.2) is 19.5 Å². The molecule has 0 bridgehead atoms. The van der Waals surface area contributed by atoms with Gasteiger partial charge in [0, 0.05) is 5.02 Å². The van der Waals surface area contributed by atoms with E-state index in [0.717, 1.165) is 5.56 Å². The van der Waals surface area contributed by atoms with E-state index in [1.807, 2.05) is 6.92 Å². The van der Waals surface area contributed by atoms with E-state index >= 15 is 0 Å². The van der Waals surface area contributed by atoms with Crippen LogP contribution in [0, 0.1) is 0 Å². The van der Waals surface area contributed by atoms with Gasteiger partial charge in [0.25, 0.3) is 10.0 Å². The van der Waals surface area contributed by atoms with Crippen LogP contribution in [0.1, 0.15) is 22.8 Å². The molecule has 0 aromatic heterocycles. The summed E-state index contributed by atoms with van der Waals surface area (Å²) in [6, 6.07) is 10.3. The molecule has 0 aliphatic carbocycles. The zero-order valence-electron chi connectivity index (χ0n) is 11.7. The molecule has 22 heavy (non-hydrogen) atoms. The predicted molar refractivity (Wildman–Crippen MR) is 85.0 cm³/mol. The van der Waals surface area contributed by atoms with Crippen LogP contribution in [0.2, 0.25) is 5.02 Å². The van der Waals surface area contributed by atoms with Crippen molar-refractivity contribution in [2.45, 2.75) is 18.2 Å². The van der Waals surface area contributed by atoms with Crippen LogP contribution in [0.5, 0.6) is 0 Å². The van der Waals surface area contributed by atoms with Crippen molar-refractivity contribution < 1.29 is 18.3 Å². The van der Waals surface area contributed by atoms with Crippen molar-refractivity contribution in [3.05, 3.63) is 58.6 Å². The van der Waals surface area contributed by atoms with Gasteiger partial charge in [0.05, 0.1) is 16.1 Å². The van der Waals surface area contributed by atoms with Gasteiger partial charge in [-0.05, 0) is 42.3 Å². The number of carboxylic acids is 1. The Bertz CT molecular complexity index is 818. The first-order valence-corrected chi connectivity index (χ1v) is 8.34. The van der Waals surface area contributed by atoms with Crippen LogP contribution in [0.25, 0.3) is 0 Å². The van der Waals surface area contributed by atoms with Crippen LogP contribution in [0.15, 0.2) is 47.4 Å². The maximum absolute atomic E-state index is 12.3. The second-order valence-corrected chi connectivity index (χ2v) is 6.72. The van der Waals surface area contributed by atoms with Crippen molar-refractivity contribution >= 4 is 33.3 Å². The third kappa shape index (κ3) is 3.58. The maximum Gasteiger partial charge on any atom is 0.337 e. The topological polar surface area (TPSA) is 83.5 Å². The van der Waals surface area contributed by atoms with E-state index in [4.69, 9.17) is 11.6 Å². The SMILES string of the molecule is CCc1ccc(NS(=O)(=O)c2cccc(Cl)c2)c(C(=O)O)c1. The zero-order chi connectivity index (χ0) is 16.3. The van der Waals surface area contributed by atoms with Crippen molar-refractivity contribution in [2.24, 2.45) is 0 Å². The highest BCUT2D eigenvalue weighted by Crippen LogP contribution is 2.23. The van der Waals surface area contributed by atoms with Crippen LogP contribution in [0.3, 0.4) is 0 Å². The Hall–Kier alpha value is -2.05. The monoisotopic (exact) mass is 339 g/mol. The van der Waals surface area contributed by atoms with Crippen molar-refractivity contribution in [3.63, 3.8) is 0 Å². The van der Waals surface area contributed by atoms with Gasteiger partial charge in [-0.25, -0.2) is 13.2 Å². The molecule has 2 aromatic carbocycles. The lowest BCUT2D eigenvalue weighted by Gasteiger charge is -2.12. The number of hydrogen-bond acceptors (Lipinski definition) is 3. The third-order valence-electron chi connectivity index (χ3n) is 3.07. The lowest BCUT2D eigenvalue weighted by Crippen LogP contribution is -2.15. The first-order chi connectivity index (χ1) is 10.3. The van der Waals surface area contributed by atoms with Gasteiger partial charge in [0.1, 0.15) is 0 Å². The molecular weight excluding hydrogens is 326 g/mol. The standard InChI is InChI=1S/C15H14ClNO4S/c1-2-10-6-7-14(13(8-10)15(18)19)17-22(20,21)12-5-3-4-11(16)9-12/h3-9,17H,2H2,1H3,(H,18,19). The fourth-order valence-electron chi connectivity index (χ4n) is 1.92. The molecule has 2 N–H and O–H groups in total. The largest absolute Gasteiger partial charge is 0.478 e. The molecule has 0 amide bonds. The molecule has 0 unspecified atom stereocenters. The van der Waals surface area contributed by atoms with Gasteiger partial charge >= 0.3 is 5.97 Å². The third-order valence-corrected chi connectivity index (χ3v) is 4.67. The molecule has 5 nitrogen and oxygen atoms in total. The Morgan fingerprint density at radius 1 is 1.23 bits per heavy atom. The number of hydrogen-bond donors (Lipinski definition) is 2. The van der Waals surface area contributed by atoms with E-state index < -0.39 is 16.0 Å². The molecule has 7 heteroatoms. The van der Waals surface area contributed by atoms with E-state index in [2.05, 4.69) is 4.72 Å². The first kappa shape index (κ1) is 16.3. The number of halogens is 1. The van der Waals surface area contributed by atoms with Gasteiger partial charge in [0.15, 0.2) is 0 Å². The Morgan fingerprint density at radius 2 is 1.95 bits per heavy atom. The van der Waals surface area contributed by atoms with Crippen LogP contribution in [0.4, 0.5) is 5.69 Å². The first-order valence-electron chi connectivity index (χ1n) is 6.48. The van der Waals surface area contributed by atoms with Crippen LogP contribution < -0.4 is 4.72 Å². The fraction of sp³-hybridized carbons (Fsp3) is 0.133. The van der Waals surface area contributed by atoms with Gasteiger partial charge in [-0.2, -0.15) is 0 Å². The van der Waals surface area contributed by atoms with Crippen molar-refractivity contribution in [2.75, 3.05) is 4.72 Å². The predicted octanol–water partition coefficient (Wildman–Crippen LogP) is 3.40. The van der Waals surface area contributed by atoms with Gasteiger partial charge in [-0.1, -0.05) is 30.7 Å². The molecule has 0 radical (unpaired) electrons. The van der Waals surface area contributed by atoms with Crippen molar-refractivity contribution in [3.8, 4) is 0 Å². The van der Waals surface area contributed by atoms with Gasteiger partial charge in [-0.3, -0.25) is 4.72 Å². The molecule has 0 heterocycles. The Labute approximate surface area is 133 Å². The van der Waals surface area contributed by atoms with E-state index in [-0.39, 0.29) is 21.2 Å². The minimum Gasteiger partial charge on any atom is -0.478 e. The number of aromatic carboxylic acids is 1. The smallest absolute Gasteiger partial charge is 0.337 e. The number of sulfonamides is 1. The normalized spacial score (nSPS) is 11.2. The molecule has 0 fully saturated rings. The number of anilines is 1. The van der Waals surface area contributed by atoms with Gasteiger partial charge in [0.2, 0.25) is 0 Å². The molecule has 0 spiro atoms. The number of benzene rings is 2. The number of carbonyl (C=O) groups is 1. The van der Waals surface area contributed by atoms with Crippen molar-refractivity contribution in [1.82, 2.24) is 0 Å². The molecule has 0 aliphatic heterocycles. The van der Waals surface area contributed by atoms with Crippen LogP contribution >= 0.6 is 11.6 Å². The lowest BCUT2D eigenvalue weighted by molar-refractivity contribution is 0.0698. The number of rotatable bonds is 5. The van der Waals surface area contributed by atoms with E-state index in [9.17, 15) is 18.3 Å². The zero-order valence-corrected chi connectivity index (χ0v) is 13.3. The summed E-state index contributed by atoms with van der Waals surface area (Å²) >= 11 is 5.79. The highest BCUT2D eigenvalue weighted by atomic mass is 35.5. The molecule has 0 saturated heterocycles. The maximum atomic E-state index is 12.3. The summed E-state index contributed by atoms with van der Waals surface area (Å²) in [5, 5.41) is 9.52. The summed E-state index contributed by atoms with van der Waals surface area (Å²) in [4.78, 5) is 11.3. The molecule has 2 rings (SSSR count). The Morgan fingerprint density at radius 3 is 2.55 bits per heavy atom. The summed E-state index contributed by atoms with van der Waals surface area (Å²) in [7, 11) is -3.91. The molecule has 2 aromatic rings. The summed E-state index contributed by atoms with van der Waals surface area (Å²) in [6.07, 6.45) is 0.654. The Balaban J connectivity index is 2.44. The second kappa shape index (κ2) is 6.37. The number of nitrogens with one attached hydrogen (secondary N) is 1. The Kier molecular flexibility index (Phi) is 4.73. The molecule has 0 saturated carbocycles. The summed E-state index contributed by atoms with van der Waals surface area (Å²) in [5.74, 6) is -1.20. The molecule has 0 aliphatic rings. The summed E-state index contributed by atoms with van der Waals surface area (Å²) < 4.78 is 26.9. The lowest BCUT2D eigenvalue weighted by atomic mass is 10.1. The summed E-state index contributed by atoms with van der Waals surface area (Å²) in [6.45, 7) is 1.89. The van der Waals surface area contributed by atoms with Gasteiger partial charge < -0.3 is 5.11 Å². The molecule has 0 atom stereocenters. The van der Waals surface area contributed by atoms with Gasteiger partial charge in [-0.15, -0.1) is 0 Å². The minimum absolute atomic E-state index is 0.0182. The average Bonchev–Trinajstić information content (AvgIpc) is 2.47. The van der Waals surface area contributed by atoms with Crippen molar-refractivity contribution in [1.29, 1.82) is 0 Å². The quantitative estimate of drug-likeness (QED) is 0.874. The number of aryl methyl sites for hydroxylation is 1. The molecule has 116 valence electrons. The minimum atomic E-state index is -3.91. The fourth-order valence-corrected chi connectivity index (χ4v) is 3.30. The van der Waals surface area contributed by atoms with Crippen LogP contribution in [-0.2, 0) is 16.4 Å². The van der Waals surface area contributed by atoms with E-state index in [1.54, 1.807) is 12.1 Å². The average molecular weight is 340 g/mol. The highest BCUT2D eigenvalue weighted by Gasteiger charge is 2.19. The highest BCUT2D eigenvalue weighted by molar-refractivity contribution is 7.92. The van der Waals surface area contributed by atoms with E-state index in [1.165, 1.54) is 30.3 Å². The molecular formula is C15H14ClNO4S. The summed E-state index contributed by atoms with van der Waals surface area (Å²) in [5.41, 5.74) is 0.734. The second-order valence-electron chi connectivity index (χ2n) is 4.60.